The number of pyridine rings is 1. The number of hydrogen-bond donors (Lipinski definition) is 0. The van der Waals surface area contributed by atoms with Gasteiger partial charge in [0.1, 0.15) is 12.0 Å². The van der Waals surface area contributed by atoms with Crippen LogP contribution in [0.1, 0.15) is 35.3 Å². The number of carbonyl (C=O) groups excluding carboxylic acids is 2. The minimum absolute atomic E-state index is 0.0122. The van der Waals surface area contributed by atoms with Crippen LogP contribution in [0.15, 0.2) is 43.1 Å². The van der Waals surface area contributed by atoms with E-state index in [-0.39, 0.29) is 17.2 Å². The van der Waals surface area contributed by atoms with Crippen molar-refractivity contribution in [2.75, 3.05) is 19.6 Å². The van der Waals surface area contributed by atoms with E-state index in [1.807, 2.05) is 21.9 Å². The van der Waals surface area contributed by atoms with E-state index in [1.54, 1.807) is 24.7 Å². The molecule has 0 N–H and O–H groups in total. The largest absolute Gasteiger partial charge is 0.338 e. The van der Waals surface area contributed by atoms with Gasteiger partial charge in [-0.2, -0.15) is 0 Å². The second kappa shape index (κ2) is 6.82. The van der Waals surface area contributed by atoms with Crippen molar-refractivity contribution >= 4 is 11.8 Å². The van der Waals surface area contributed by atoms with Gasteiger partial charge >= 0.3 is 0 Å². The van der Waals surface area contributed by atoms with E-state index in [4.69, 9.17) is 0 Å². The van der Waals surface area contributed by atoms with Crippen molar-refractivity contribution in [1.29, 1.82) is 0 Å². The molecule has 2 aromatic rings. The Kier molecular flexibility index (Phi) is 4.36. The van der Waals surface area contributed by atoms with Crippen molar-refractivity contribution in [1.82, 2.24) is 24.8 Å². The SMILES string of the molecule is O=C1CC2(CCN(C(=O)c3ccncn3)CC2)CN1Cc1cccnc1. The molecule has 7 heteroatoms. The quantitative estimate of drug-likeness (QED) is 0.838. The van der Waals surface area contributed by atoms with E-state index in [0.29, 0.717) is 31.7 Å². The molecular weight excluding hydrogens is 330 g/mol. The van der Waals surface area contributed by atoms with Crippen LogP contribution in [0.4, 0.5) is 0 Å². The first-order valence-corrected chi connectivity index (χ1v) is 8.87. The van der Waals surface area contributed by atoms with Crippen LogP contribution in [0.3, 0.4) is 0 Å². The van der Waals surface area contributed by atoms with Crippen molar-refractivity contribution in [2.45, 2.75) is 25.8 Å². The zero-order chi connectivity index (χ0) is 18.0. The van der Waals surface area contributed by atoms with E-state index in [1.165, 1.54) is 6.33 Å². The highest BCUT2D eigenvalue weighted by Gasteiger charge is 2.45. The molecule has 2 aromatic heterocycles. The Morgan fingerprint density at radius 1 is 1.15 bits per heavy atom. The highest BCUT2D eigenvalue weighted by atomic mass is 16.2. The maximum Gasteiger partial charge on any atom is 0.272 e. The van der Waals surface area contributed by atoms with Crippen LogP contribution in [-0.2, 0) is 11.3 Å². The van der Waals surface area contributed by atoms with Gasteiger partial charge in [-0.15, -0.1) is 0 Å². The van der Waals surface area contributed by atoms with Crippen LogP contribution in [0.5, 0.6) is 0 Å². The molecule has 0 aliphatic carbocycles. The highest BCUT2D eigenvalue weighted by molar-refractivity contribution is 5.92. The first kappa shape index (κ1) is 16.6. The van der Waals surface area contributed by atoms with Gasteiger partial charge in [-0.1, -0.05) is 6.07 Å². The molecule has 2 saturated heterocycles. The molecule has 134 valence electrons. The summed E-state index contributed by atoms with van der Waals surface area (Å²) in [5, 5.41) is 0. The topological polar surface area (TPSA) is 79.3 Å². The number of likely N-dealkylation sites (tertiary alicyclic amines) is 2. The summed E-state index contributed by atoms with van der Waals surface area (Å²) in [6.07, 6.45) is 8.78. The monoisotopic (exact) mass is 351 g/mol. The molecule has 2 aliphatic heterocycles. The van der Waals surface area contributed by atoms with Crippen LogP contribution < -0.4 is 0 Å². The van der Waals surface area contributed by atoms with Crippen molar-refractivity contribution in [3.63, 3.8) is 0 Å². The fourth-order valence-electron chi connectivity index (χ4n) is 3.94. The van der Waals surface area contributed by atoms with Crippen LogP contribution in [0, 0.1) is 5.41 Å². The van der Waals surface area contributed by atoms with Crippen molar-refractivity contribution in [3.8, 4) is 0 Å². The maximum atomic E-state index is 12.5. The summed E-state index contributed by atoms with van der Waals surface area (Å²) < 4.78 is 0. The first-order valence-electron chi connectivity index (χ1n) is 8.87. The van der Waals surface area contributed by atoms with Gasteiger partial charge in [0.05, 0.1) is 0 Å². The fraction of sp³-hybridized carbons (Fsp3) is 0.421. The summed E-state index contributed by atoms with van der Waals surface area (Å²) in [4.78, 5) is 40.8. The Labute approximate surface area is 152 Å². The molecule has 0 bridgehead atoms. The lowest BCUT2D eigenvalue weighted by Gasteiger charge is -2.38. The molecule has 0 saturated carbocycles. The molecule has 4 heterocycles. The minimum Gasteiger partial charge on any atom is -0.338 e. The minimum atomic E-state index is -0.0567. The molecule has 0 unspecified atom stereocenters. The number of amides is 2. The molecular formula is C19H21N5O2. The lowest BCUT2D eigenvalue weighted by atomic mass is 9.77. The van der Waals surface area contributed by atoms with Gasteiger partial charge < -0.3 is 9.80 Å². The second-order valence-corrected chi connectivity index (χ2v) is 7.17. The molecule has 0 aromatic carbocycles. The smallest absolute Gasteiger partial charge is 0.272 e. The standard InChI is InChI=1S/C19H21N5O2/c25-17-10-19(13-24(17)12-15-2-1-6-20-11-15)4-8-23(9-5-19)18(26)16-3-7-21-14-22-16/h1-3,6-7,11,14H,4-5,8-10,12-13H2. The summed E-state index contributed by atoms with van der Waals surface area (Å²) in [6, 6.07) is 5.53. The van der Waals surface area contributed by atoms with E-state index in [9.17, 15) is 9.59 Å². The van der Waals surface area contributed by atoms with Gasteiger partial charge in [0.15, 0.2) is 0 Å². The highest BCUT2D eigenvalue weighted by Crippen LogP contribution is 2.41. The zero-order valence-corrected chi connectivity index (χ0v) is 14.5. The van der Waals surface area contributed by atoms with E-state index in [0.717, 1.165) is 24.9 Å². The van der Waals surface area contributed by atoms with Crippen molar-refractivity contribution < 1.29 is 9.59 Å². The lowest BCUT2D eigenvalue weighted by Crippen LogP contribution is -2.44. The first-order chi connectivity index (χ1) is 12.7. The Bertz CT molecular complexity index is 788. The average molecular weight is 351 g/mol. The number of carbonyl (C=O) groups is 2. The number of nitrogens with zero attached hydrogens (tertiary/aromatic N) is 5. The molecule has 2 aliphatic rings. The van der Waals surface area contributed by atoms with Crippen LogP contribution in [0.25, 0.3) is 0 Å². The summed E-state index contributed by atoms with van der Waals surface area (Å²) in [5.41, 5.74) is 1.47. The molecule has 1 spiro atoms. The van der Waals surface area contributed by atoms with E-state index >= 15 is 0 Å². The van der Waals surface area contributed by atoms with Crippen LogP contribution in [-0.4, -0.2) is 56.2 Å². The van der Waals surface area contributed by atoms with E-state index < -0.39 is 0 Å². The van der Waals surface area contributed by atoms with Gasteiger partial charge in [-0.25, -0.2) is 9.97 Å². The van der Waals surface area contributed by atoms with Crippen molar-refractivity contribution in [2.24, 2.45) is 5.41 Å². The van der Waals surface area contributed by atoms with Crippen LogP contribution in [0.2, 0.25) is 0 Å². The molecule has 2 fully saturated rings. The number of rotatable bonds is 3. The molecule has 2 amide bonds. The van der Waals surface area contributed by atoms with Gasteiger partial charge in [-0.05, 0) is 30.5 Å². The summed E-state index contributed by atoms with van der Waals surface area (Å²) >= 11 is 0. The van der Waals surface area contributed by atoms with Gasteiger partial charge in [0.2, 0.25) is 5.91 Å². The average Bonchev–Trinajstić information content (AvgIpc) is 2.98. The Morgan fingerprint density at radius 3 is 2.69 bits per heavy atom. The third kappa shape index (κ3) is 3.29. The van der Waals surface area contributed by atoms with E-state index in [2.05, 4.69) is 15.0 Å². The normalized spacial score (nSPS) is 19.2. The lowest BCUT2D eigenvalue weighted by molar-refractivity contribution is -0.128. The molecule has 0 atom stereocenters. The van der Waals surface area contributed by atoms with Gasteiger partial charge in [0, 0.05) is 56.6 Å². The Hall–Kier alpha value is -2.83. The van der Waals surface area contributed by atoms with Gasteiger partial charge in [0.25, 0.3) is 5.91 Å². The Balaban J connectivity index is 1.38. The maximum absolute atomic E-state index is 12.5. The molecule has 7 nitrogen and oxygen atoms in total. The fourth-order valence-corrected chi connectivity index (χ4v) is 3.94. The summed E-state index contributed by atoms with van der Waals surface area (Å²) in [5.74, 6) is 0.142. The summed E-state index contributed by atoms with van der Waals surface area (Å²) in [6.45, 7) is 2.70. The number of hydrogen-bond acceptors (Lipinski definition) is 5. The predicted octanol–water partition coefficient (Wildman–Crippen LogP) is 1.53. The second-order valence-electron chi connectivity index (χ2n) is 7.17. The zero-order valence-electron chi connectivity index (χ0n) is 14.5. The third-order valence-corrected chi connectivity index (χ3v) is 5.41. The van der Waals surface area contributed by atoms with Crippen molar-refractivity contribution in [3.05, 3.63) is 54.4 Å². The molecule has 26 heavy (non-hydrogen) atoms. The van der Waals surface area contributed by atoms with Gasteiger partial charge in [-0.3, -0.25) is 14.6 Å². The van der Waals surface area contributed by atoms with Crippen LogP contribution >= 0.6 is 0 Å². The predicted molar refractivity (Wildman–Crippen MR) is 93.9 cm³/mol. The molecule has 0 radical (unpaired) electrons. The summed E-state index contributed by atoms with van der Waals surface area (Å²) in [7, 11) is 0. The molecule has 4 rings (SSSR count). The Morgan fingerprint density at radius 2 is 2.00 bits per heavy atom. The number of aromatic nitrogens is 3. The third-order valence-electron chi connectivity index (χ3n) is 5.41. The number of piperidine rings is 1.